The SMILES string of the molecule is Cn1c(=O)c2cc(C(=O)N3CCN(c4ccccc4)CC3)sc2c2ccccc21. The molecule has 146 valence electrons. The van der Waals surface area contributed by atoms with Crippen molar-refractivity contribution in [1.82, 2.24) is 9.47 Å². The van der Waals surface area contributed by atoms with Gasteiger partial charge in [0.25, 0.3) is 11.5 Å². The lowest BCUT2D eigenvalue weighted by atomic mass is 10.1. The number of aromatic nitrogens is 1. The third-order valence-electron chi connectivity index (χ3n) is 5.68. The fourth-order valence-corrected chi connectivity index (χ4v) is 5.22. The fourth-order valence-electron chi connectivity index (χ4n) is 4.07. The first-order valence-corrected chi connectivity index (χ1v) is 10.6. The molecule has 29 heavy (non-hydrogen) atoms. The largest absolute Gasteiger partial charge is 0.368 e. The second-order valence-electron chi connectivity index (χ2n) is 7.35. The molecule has 0 unspecified atom stereocenters. The van der Waals surface area contributed by atoms with Gasteiger partial charge in [-0.2, -0.15) is 0 Å². The van der Waals surface area contributed by atoms with Crippen molar-refractivity contribution in [3.63, 3.8) is 0 Å². The number of thiophene rings is 1. The van der Waals surface area contributed by atoms with Crippen molar-refractivity contribution in [1.29, 1.82) is 0 Å². The Morgan fingerprint density at radius 1 is 0.897 bits per heavy atom. The lowest BCUT2D eigenvalue weighted by Gasteiger charge is -2.35. The van der Waals surface area contributed by atoms with Crippen molar-refractivity contribution >= 4 is 43.9 Å². The van der Waals surface area contributed by atoms with Crippen LogP contribution in [0.25, 0.3) is 21.0 Å². The van der Waals surface area contributed by atoms with E-state index in [2.05, 4.69) is 17.0 Å². The molecule has 1 fully saturated rings. The zero-order valence-electron chi connectivity index (χ0n) is 16.2. The molecule has 2 aromatic heterocycles. The molecule has 3 heterocycles. The van der Waals surface area contributed by atoms with Gasteiger partial charge < -0.3 is 14.4 Å². The highest BCUT2D eigenvalue weighted by molar-refractivity contribution is 7.21. The monoisotopic (exact) mass is 403 g/mol. The van der Waals surface area contributed by atoms with Crippen LogP contribution >= 0.6 is 11.3 Å². The van der Waals surface area contributed by atoms with Crippen LogP contribution in [-0.4, -0.2) is 41.6 Å². The molecule has 0 radical (unpaired) electrons. The number of para-hydroxylation sites is 2. The van der Waals surface area contributed by atoms with Gasteiger partial charge >= 0.3 is 0 Å². The van der Waals surface area contributed by atoms with Crippen LogP contribution < -0.4 is 10.5 Å². The fraction of sp³-hybridized carbons (Fsp3) is 0.217. The van der Waals surface area contributed by atoms with Crippen LogP contribution in [0.4, 0.5) is 5.69 Å². The van der Waals surface area contributed by atoms with E-state index in [0.29, 0.717) is 23.4 Å². The summed E-state index contributed by atoms with van der Waals surface area (Å²) in [6, 6.07) is 19.9. The number of carbonyl (C=O) groups excluding carboxylic acids is 1. The predicted octanol–water partition coefficient (Wildman–Crippen LogP) is 3.72. The number of pyridine rings is 1. The van der Waals surface area contributed by atoms with Crippen LogP contribution in [0.1, 0.15) is 9.67 Å². The summed E-state index contributed by atoms with van der Waals surface area (Å²) < 4.78 is 2.56. The summed E-state index contributed by atoms with van der Waals surface area (Å²) in [5.41, 5.74) is 2.03. The highest BCUT2D eigenvalue weighted by Gasteiger charge is 2.24. The molecule has 6 heteroatoms. The molecule has 1 amide bonds. The summed E-state index contributed by atoms with van der Waals surface area (Å²) >= 11 is 1.43. The Balaban J connectivity index is 1.44. The minimum absolute atomic E-state index is 0.0186. The molecule has 5 nitrogen and oxygen atoms in total. The quantitative estimate of drug-likeness (QED) is 0.513. The molecule has 0 bridgehead atoms. The topological polar surface area (TPSA) is 45.6 Å². The zero-order valence-corrected chi connectivity index (χ0v) is 17.0. The van der Waals surface area contributed by atoms with Gasteiger partial charge in [-0.25, -0.2) is 0 Å². The predicted molar refractivity (Wildman–Crippen MR) is 119 cm³/mol. The van der Waals surface area contributed by atoms with Crippen LogP contribution in [0.5, 0.6) is 0 Å². The third-order valence-corrected chi connectivity index (χ3v) is 6.83. The van der Waals surface area contributed by atoms with Crippen LogP contribution in [0.3, 0.4) is 0 Å². The van der Waals surface area contributed by atoms with E-state index in [9.17, 15) is 9.59 Å². The van der Waals surface area contributed by atoms with Gasteiger partial charge in [-0.3, -0.25) is 9.59 Å². The summed E-state index contributed by atoms with van der Waals surface area (Å²) in [6.45, 7) is 2.98. The van der Waals surface area contributed by atoms with Gasteiger partial charge in [0.1, 0.15) is 0 Å². The van der Waals surface area contributed by atoms with Crippen molar-refractivity contribution in [2.24, 2.45) is 7.05 Å². The number of hydrogen-bond donors (Lipinski definition) is 0. The maximum absolute atomic E-state index is 13.2. The van der Waals surface area contributed by atoms with E-state index >= 15 is 0 Å². The standard InChI is InChI=1S/C23H21N3O2S/c1-24-19-10-6-5-9-17(19)21-18(22(24)27)15-20(29-21)23(28)26-13-11-25(12-14-26)16-7-3-2-4-8-16/h2-10,15H,11-14H2,1H3. The summed E-state index contributed by atoms with van der Waals surface area (Å²) in [7, 11) is 1.78. The van der Waals surface area contributed by atoms with E-state index < -0.39 is 0 Å². The van der Waals surface area contributed by atoms with E-state index in [1.165, 1.54) is 17.0 Å². The number of aryl methyl sites for hydroxylation is 1. The Hall–Kier alpha value is -3.12. The molecule has 0 aliphatic carbocycles. The first kappa shape index (κ1) is 17.9. The normalized spacial score (nSPS) is 14.7. The van der Waals surface area contributed by atoms with Crippen molar-refractivity contribution in [3.8, 4) is 0 Å². The van der Waals surface area contributed by atoms with Crippen molar-refractivity contribution in [2.45, 2.75) is 0 Å². The molecule has 5 rings (SSSR count). The number of carbonyl (C=O) groups is 1. The highest BCUT2D eigenvalue weighted by atomic mass is 32.1. The molecule has 1 saturated heterocycles. The number of hydrogen-bond acceptors (Lipinski definition) is 4. The average molecular weight is 404 g/mol. The number of piperazine rings is 1. The Kier molecular flexibility index (Phi) is 4.36. The summed E-state index contributed by atoms with van der Waals surface area (Å²) in [6.07, 6.45) is 0. The second-order valence-corrected chi connectivity index (χ2v) is 8.40. The molecule has 1 aliphatic rings. The van der Waals surface area contributed by atoms with Gasteiger partial charge in [-0.1, -0.05) is 36.4 Å². The molecule has 1 aliphatic heterocycles. The highest BCUT2D eigenvalue weighted by Crippen LogP contribution is 2.31. The van der Waals surface area contributed by atoms with E-state index in [4.69, 9.17) is 0 Å². The Morgan fingerprint density at radius 2 is 1.59 bits per heavy atom. The van der Waals surface area contributed by atoms with Crippen molar-refractivity contribution < 1.29 is 4.79 Å². The smallest absolute Gasteiger partial charge is 0.264 e. The third kappa shape index (κ3) is 3.00. The molecule has 0 saturated carbocycles. The number of nitrogens with zero attached hydrogens (tertiary/aromatic N) is 3. The van der Waals surface area contributed by atoms with Gasteiger partial charge in [-0.05, 0) is 24.3 Å². The number of rotatable bonds is 2. The van der Waals surface area contributed by atoms with Gasteiger partial charge in [-0.15, -0.1) is 11.3 Å². The second kappa shape index (κ2) is 7.04. The summed E-state index contributed by atoms with van der Waals surface area (Å²) in [5.74, 6) is 0.0186. The molecule has 2 aromatic carbocycles. The molecule has 0 spiro atoms. The Morgan fingerprint density at radius 3 is 2.34 bits per heavy atom. The Labute approximate surface area is 172 Å². The maximum atomic E-state index is 13.2. The van der Waals surface area contributed by atoms with Crippen LogP contribution in [0.2, 0.25) is 0 Å². The molecule has 0 N–H and O–H groups in total. The number of amides is 1. The number of anilines is 1. The van der Waals surface area contributed by atoms with Crippen molar-refractivity contribution in [3.05, 3.63) is 75.9 Å². The lowest BCUT2D eigenvalue weighted by molar-refractivity contribution is 0.0751. The number of benzene rings is 2. The molecular formula is C23H21N3O2S. The minimum atomic E-state index is -0.0529. The first-order chi connectivity index (χ1) is 14.1. The zero-order chi connectivity index (χ0) is 20.0. The minimum Gasteiger partial charge on any atom is -0.368 e. The van der Waals surface area contributed by atoms with Gasteiger partial charge in [0.15, 0.2) is 0 Å². The number of fused-ring (bicyclic) bond motifs is 3. The van der Waals surface area contributed by atoms with Crippen LogP contribution in [-0.2, 0) is 7.05 Å². The van der Waals surface area contributed by atoms with Crippen LogP contribution in [0.15, 0.2) is 65.5 Å². The molecular weight excluding hydrogens is 382 g/mol. The first-order valence-electron chi connectivity index (χ1n) is 9.74. The Bertz CT molecular complexity index is 1270. The average Bonchev–Trinajstić information content (AvgIpc) is 3.24. The van der Waals surface area contributed by atoms with E-state index in [1.807, 2.05) is 47.4 Å². The lowest BCUT2D eigenvalue weighted by Crippen LogP contribution is -2.48. The van der Waals surface area contributed by atoms with Crippen LogP contribution in [0, 0.1) is 0 Å². The van der Waals surface area contributed by atoms with Gasteiger partial charge in [0.05, 0.1) is 15.8 Å². The van der Waals surface area contributed by atoms with E-state index in [0.717, 1.165) is 28.7 Å². The van der Waals surface area contributed by atoms with E-state index in [1.54, 1.807) is 17.7 Å². The molecule has 4 aromatic rings. The van der Waals surface area contributed by atoms with Crippen molar-refractivity contribution in [2.75, 3.05) is 31.1 Å². The van der Waals surface area contributed by atoms with Gasteiger partial charge in [0, 0.05) is 49.0 Å². The maximum Gasteiger partial charge on any atom is 0.264 e. The van der Waals surface area contributed by atoms with E-state index in [-0.39, 0.29) is 11.5 Å². The molecule has 0 atom stereocenters. The van der Waals surface area contributed by atoms with Gasteiger partial charge in [0.2, 0.25) is 0 Å². The summed E-state index contributed by atoms with van der Waals surface area (Å²) in [4.78, 5) is 30.8. The summed E-state index contributed by atoms with van der Waals surface area (Å²) in [5, 5.41) is 1.64.